The van der Waals surface area contributed by atoms with Gasteiger partial charge in [0.1, 0.15) is 5.82 Å². The van der Waals surface area contributed by atoms with E-state index in [0.717, 1.165) is 40.8 Å². The van der Waals surface area contributed by atoms with Crippen molar-refractivity contribution in [2.75, 3.05) is 17.2 Å². The molecule has 1 aliphatic carbocycles. The Bertz CT molecular complexity index is 961. The summed E-state index contributed by atoms with van der Waals surface area (Å²) in [5.74, 6) is 1.45. The lowest BCUT2D eigenvalue weighted by atomic mass is 10.2. The van der Waals surface area contributed by atoms with Crippen molar-refractivity contribution in [1.29, 1.82) is 0 Å². The first kappa shape index (κ1) is 16.3. The van der Waals surface area contributed by atoms with E-state index >= 15 is 0 Å². The molecule has 1 aliphatic rings. The highest BCUT2D eigenvalue weighted by atomic mass is 16.1. The zero-order chi connectivity index (χ0) is 18.1. The van der Waals surface area contributed by atoms with E-state index in [2.05, 4.69) is 25.7 Å². The van der Waals surface area contributed by atoms with E-state index in [1.165, 1.54) is 0 Å². The number of benzene rings is 1. The number of hydrogen-bond acceptors (Lipinski definition) is 6. The first-order valence-electron chi connectivity index (χ1n) is 8.68. The second-order valence-corrected chi connectivity index (χ2v) is 6.62. The Hall–Kier alpha value is -3.16. The lowest BCUT2D eigenvalue weighted by Gasteiger charge is -2.12. The molecule has 1 aromatic carbocycles. The number of aromatic nitrogens is 4. The molecule has 0 aliphatic heterocycles. The van der Waals surface area contributed by atoms with Gasteiger partial charge in [0.15, 0.2) is 0 Å². The molecule has 3 aromatic rings. The molecule has 26 heavy (non-hydrogen) atoms. The smallest absolute Gasteiger partial charge is 0.229 e. The minimum atomic E-state index is -0.332. The molecule has 0 atom stereocenters. The normalized spacial score (nSPS) is 13.7. The van der Waals surface area contributed by atoms with E-state index in [4.69, 9.17) is 5.73 Å². The van der Waals surface area contributed by atoms with Crippen molar-refractivity contribution in [2.45, 2.75) is 25.2 Å². The average molecular weight is 351 g/mol. The van der Waals surface area contributed by atoms with Gasteiger partial charge < -0.3 is 16.4 Å². The molecule has 4 N–H and O–H groups in total. The first-order chi connectivity index (χ1) is 12.6. The van der Waals surface area contributed by atoms with E-state index in [0.29, 0.717) is 18.4 Å². The van der Waals surface area contributed by atoms with Crippen molar-refractivity contribution in [3.05, 3.63) is 36.2 Å². The van der Waals surface area contributed by atoms with Crippen LogP contribution in [0, 0.1) is 0 Å². The van der Waals surface area contributed by atoms with Gasteiger partial charge in [-0.15, -0.1) is 0 Å². The molecule has 1 fully saturated rings. The Morgan fingerprint density at radius 3 is 3.00 bits per heavy atom. The van der Waals surface area contributed by atoms with Gasteiger partial charge >= 0.3 is 0 Å². The lowest BCUT2D eigenvalue weighted by molar-refractivity contribution is -0.117. The number of primary amides is 1. The Labute approximate surface area is 150 Å². The van der Waals surface area contributed by atoms with Crippen LogP contribution in [0.25, 0.3) is 10.9 Å². The van der Waals surface area contributed by atoms with Gasteiger partial charge in [0, 0.05) is 49.0 Å². The lowest BCUT2D eigenvalue weighted by Crippen LogP contribution is -2.17. The predicted molar refractivity (Wildman–Crippen MR) is 100 cm³/mol. The second-order valence-electron chi connectivity index (χ2n) is 6.62. The van der Waals surface area contributed by atoms with Gasteiger partial charge in [0.25, 0.3) is 0 Å². The summed E-state index contributed by atoms with van der Waals surface area (Å²) in [4.78, 5) is 20.0. The summed E-state index contributed by atoms with van der Waals surface area (Å²) in [7, 11) is 1.90. The number of rotatable bonds is 7. The summed E-state index contributed by atoms with van der Waals surface area (Å²) in [6.07, 6.45) is 6.40. The van der Waals surface area contributed by atoms with Crippen molar-refractivity contribution in [2.24, 2.45) is 12.8 Å². The first-order valence-corrected chi connectivity index (χ1v) is 8.68. The Morgan fingerprint density at radius 1 is 1.38 bits per heavy atom. The summed E-state index contributed by atoms with van der Waals surface area (Å²) in [6.45, 7) is 0.464. The fraction of sp³-hybridized carbons (Fsp3) is 0.333. The van der Waals surface area contributed by atoms with Gasteiger partial charge in [-0.1, -0.05) is 0 Å². The Morgan fingerprint density at radius 2 is 2.23 bits per heavy atom. The number of amides is 1. The van der Waals surface area contributed by atoms with E-state index in [1.807, 2.05) is 37.6 Å². The molecule has 0 unspecified atom stereocenters. The third kappa shape index (κ3) is 3.58. The molecule has 2 aromatic heterocycles. The molecular weight excluding hydrogens is 330 g/mol. The van der Waals surface area contributed by atoms with Gasteiger partial charge in [-0.3, -0.25) is 9.48 Å². The summed E-state index contributed by atoms with van der Waals surface area (Å²) in [6, 6.07) is 5.95. The number of nitrogens with two attached hydrogens (primary N) is 1. The van der Waals surface area contributed by atoms with Crippen molar-refractivity contribution >= 4 is 34.3 Å². The number of carbonyl (C=O) groups excluding carboxylic acids is 1. The van der Waals surface area contributed by atoms with Crippen molar-refractivity contribution in [1.82, 2.24) is 19.7 Å². The number of anilines is 3. The minimum Gasteiger partial charge on any atom is -0.370 e. The van der Waals surface area contributed by atoms with Gasteiger partial charge in [-0.25, -0.2) is 4.98 Å². The quantitative estimate of drug-likeness (QED) is 0.602. The molecule has 1 saturated carbocycles. The van der Waals surface area contributed by atoms with Crippen LogP contribution in [0.2, 0.25) is 0 Å². The summed E-state index contributed by atoms with van der Waals surface area (Å²) in [5.41, 5.74) is 8.09. The SMILES string of the molecule is Cn1cc2ccc(Nc3ncc(C4CC4)c(NCCC(N)=O)n3)cc2n1. The number of hydrogen-bond donors (Lipinski definition) is 3. The zero-order valence-corrected chi connectivity index (χ0v) is 14.6. The van der Waals surface area contributed by atoms with Crippen molar-refractivity contribution in [3.8, 4) is 0 Å². The van der Waals surface area contributed by atoms with Gasteiger partial charge in [-0.05, 0) is 37.0 Å². The summed E-state index contributed by atoms with van der Waals surface area (Å²) >= 11 is 0. The average Bonchev–Trinajstić information content (AvgIpc) is 3.36. The van der Waals surface area contributed by atoms with Gasteiger partial charge in [-0.2, -0.15) is 10.1 Å². The number of aryl methyl sites for hydroxylation is 1. The van der Waals surface area contributed by atoms with Crippen molar-refractivity contribution < 1.29 is 4.79 Å². The maximum absolute atomic E-state index is 11.0. The third-order valence-corrected chi connectivity index (χ3v) is 4.38. The number of nitrogens with one attached hydrogen (secondary N) is 2. The van der Waals surface area contributed by atoms with Crippen LogP contribution in [0.1, 0.15) is 30.7 Å². The summed E-state index contributed by atoms with van der Waals surface area (Å²) in [5, 5.41) is 11.9. The standard InChI is InChI=1S/C18H21N7O/c1-25-10-12-4-5-13(8-15(12)24-25)22-18-21-9-14(11-2-3-11)17(23-18)20-7-6-16(19)26/h4-5,8-11H,2-3,6-7H2,1H3,(H2,19,26)(H2,20,21,22,23). The Balaban J connectivity index is 1.55. The molecule has 8 heteroatoms. The highest BCUT2D eigenvalue weighted by molar-refractivity contribution is 5.82. The zero-order valence-electron chi connectivity index (χ0n) is 14.6. The summed E-state index contributed by atoms with van der Waals surface area (Å²) < 4.78 is 1.79. The van der Waals surface area contributed by atoms with Crippen LogP contribution >= 0.6 is 0 Å². The van der Waals surface area contributed by atoms with Gasteiger partial charge in [0.05, 0.1) is 5.52 Å². The van der Waals surface area contributed by atoms with Crippen LogP contribution in [0.3, 0.4) is 0 Å². The fourth-order valence-corrected chi connectivity index (χ4v) is 2.94. The molecule has 0 radical (unpaired) electrons. The third-order valence-electron chi connectivity index (χ3n) is 4.38. The monoisotopic (exact) mass is 351 g/mol. The van der Waals surface area contributed by atoms with Crippen LogP contribution in [0.4, 0.5) is 17.5 Å². The van der Waals surface area contributed by atoms with E-state index in [9.17, 15) is 4.79 Å². The molecular formula is C18H21N7O. The molecule has 1 amide bonds. The molecule has 4 rings (SSSR count). The fourth-order valence-electron chi connectivity index (χ4n) is 2.94. The minimum absolute atomic E-state index is 0.271. The molecule has 134 valence electrons. The maximum Gasteiger partial charge on any atom is 0.229 e. The Kier molecular flexibility index (Phi) is 4.16. The molecule has 8 nitrogen and oxygen atoms in total. The highest BCUT2D eigenvalue weighted by Gasteiger charge is 2.27. The van der Waals surface area contributed by atoms with E-state index in [-0.39, 0.29) is 12.3 Å². The number of fused-ring (bicyclic) bond motifs is 1. The van der Waals surface area contributed by atoms with Crippen LogP contribution in [0.5, 0.6) is 0 Å². The van der Waals surface area contributed by atoms with E-state index in [1.54, 1.807) is 4.68 Å². The topological polar surface area (TPSA) is 111 Å². The van der Waals surface area contributed by atoms with Crippen LogP contribution in [-0.2, 0) is 11.8 Å². The molecule has 0 saturated heterocycles. The predicted octanol–water partition coefficient (Wildman–Crippen LogP) is 2.27. The van der Waals surface area contributed by atoms with Gasteiger partial charge in [0.2, 0.25) is 11.9 Å². The molecule has 0 spiro atoms. The van der Waals surface area contributed by atoms with Crippen LogP contribution < -0.4 is 16.4 Å². The largest absolute Gasteiger partial charge is 0.370 e. The van der Waals surface area contributed by atoms with E-state index < -0.39 is 0 Å². The molecule has 2 heterocycles. The maximum atomic E-state index is 11.0. The van der Waals surface area contributed by atoms with Crippen molar-refractivity contribution in [3.63, 3.8) is 0 Å². The number of nitrogens with zero attached hydrogens (tertiary/aromatic N) is 4. The van der Waals surface area contributed by atoms with Crippen LogP contribution in [-0.4, -0.2) is 32.2 Å². The second kappa shape index (κ2) is 6.62. The highest BCUT2D eigenvalue weighted by Crippen LogP contribution is 2.42. The molecule has 0 bridgehead atoms. The van der Waals surface area contributed by atoms with Crippen LogP contribution in [0.15, 0.2) is 30.6 Å². The number of carbonyl (C=O) groups is 1.